The van der Waals surface area contributed by atoms with E-state index in [0.717, 1.165) is 23.5 Å². The molecule has 0 fully saturated rings. The van der Waals surface area contributed by atoms with E-state index in [9.17, 15) is 0 Å². The maximum atomic E-state index is 5.78. The van der Waals surface area contributed by atoms with Gasteiger partial charge in [-0.15, -0.1) is 0 Å². The molecule has 0 amide bonds. The third-order valence-corrected chi connectivity index (χ3v) is 4.69. The standard InChI is InChI=1S/C18H24OSi/c1-3-15(2)18(14-19-20,16-10-6-4-7-11-16)17-12-8-5-9-13-17/h4-13,15H,3,14H2,1-2,20H3. The fraction of sp³-hybridized carbons (Fsp3) is 0.333. The lowest BCUT2D eigenvalue weighted by Gasteiger charge is -2.40. The van der Waals surface area contributed by atoms with Gasteiger partial charge in [0.05, 0.1) is 0 Å². The SMILES string of the molecule is CCC(C)C(CO[SiH3])(c1ccccc1)c1ccccc1. The molecule has 0 aliphatic rings. The normalized spacial score (nSPS) is 13.3. The Kier molecular flexibility index (Phi) is 5.15. The van der Waals surface area contributed by atoms with E-state index in [2.05, 4.69) is 74.5 Å². The van der Waals surface area contributed by atoms with Crippen LogP contribution in [0.25, 0.3) is 0 Å². The van der Waals surface area contributed by atoms with Crippen LogP contribution in [-0.2, 0) is 9.84 Å². The molecule has 20 heavy (non-hydrogen) atoms. The van der Waals surface area contributed by atoms with Crippen LogP contribution in [-0.4, -0.2) is 17.1 Å². The lowest BCUT2D eigenvalue weighted by molar-refractivity contribution is 0.201. The molecule has 1 unspecified atom stereocenters. The zero-order chi connectivity index (χ0) is 14.4. The Morgan fingerprint density at radius 1 is 0.950 bits per heavy atom. The van der Waals surface area contributed by atoms with Crippen LogP contribution >= 0.6 is 0 Å². The molecule has 1 nitrogen and oxygen atoms in total. The molecule has 0 saturated carbocycles. The first-order valence-electron chi connectivity index (χ1n) is 7.35. The van der Waals surface area contributed by atoms with Gasteiger partial charge >= 0.3 is 0 Å². The van der Waals surface area contributed by atoms with Crippen LogP contribution in [0.2, 0.25) is 0 Å². The van der Waals surface area contributed by atoms with Crippen molar-refractivity contribution in [2.24, 2.45) is 5.92 Å². The van der Waals surface area contributed by atoms with E-state index in [4.69, 9.17) is 4.43 Å². The molecule has 1 atom stereocenters. The Labute approximate surface area is 125 Å². The molecule has 0 aliphatic heterocycles. The molecule has 106 valence electrons. The van der Waals surface area contributed by atoms with E-state index in [-0.39, 0.29) is 5.41 Å². The van der Waals surface area contributed by atoms with Gasteiger partial charge in [-0.05, 0) is 17.0 Å². The Morgan fingerprint density at radius 2 is 1.40 bits per heavy atom. The molecule has 0 radical (unpaired) electrons. The fourth-order valence-electron chi connectivity index (χ4n) is 3.09. The van der Waals surface area contributed by atoms with E-state index in [1.54, 1.807) is 0 Å². The van der Waals surface area contributed by atoms with Gasteiger partial charge in [-0.1, -0.05) is 80.9 Å². The third kappa shape index (κ3) is 2.72. The van der Waals surface area contributed by atoms with Crippen LogP contribution in [0, 0.1) is 5.92 Å². The summed E-state index contributed by atoms with van der Waals surface area (Å²) in [6.07, 6.45) is 1.13. The first kappa shape index (κ1) is 15.0. The fourth-order valence-corrected chi connectivity index (χ4v) is 3.55. The predicted octanol–water partition coefficient (Wildman–Crippen LogP) is 3.32. The summed E-state index contributed by atoms with van der Waals surface area (Å²) in [5, 5.41) is 0. The summed E-state index contributed by atoms with van der Waals surface area (Å²) in [5.74, 6) is 0.529. The van der Waals surface area contributed by atoms with Gasteiger partial charge < -0.3 is 4.43 Å². The van der Waals surface area contributed by atoms with Gasteiger partial charge in [-0.25, -0.2) is 0 Å². The monoisotopic (exact) mass is 284 g/mol. The molecule has 0 aromatic heterocycles. The smallest absolute Gasteiger partial charge is 0.146 e. The first-order chi connectivity index (χ1) is 9.75. The molecular formula is C18H24OSi. The van der Waals surface area contributed by atoms with Gasteiger partial charge in [0.2, 0.25) is 0 Å². The highest BCUT2D eigenvalue weighted by Crippen LogP contribution is 2.41. The van der Waals surface area contributed by atoms with Crippen molar-refractivity contribution in [3.63, 3.8) is 0 Å². The van der Waals surface area contributed by atoms with Crippen molar-refractivity contribution in [1.29, 1.82) is 0 Å². The van der Waals surface area contributed by atoms with Crippen molar-refractivity contribution in [3.8, 4) is 0 Å². The van der Waals surface area contributed by atoms with Gasteiger partial charge in [-0.3, -0.25) is 0 Å². The Morgan fingerprint density at radius 3 is 1.75 bits per heavy atom. The second kappa shape index (κ2) is 6.87. The average Bonchev–Trinajstić information content (AvgIpc) is 2.53. The van der Waals surface area contributed by atoms with Gasteiger partial charge in [0.15, 0.2) is 0 Å². The third-order valence-electron chi connectivity index (χ3n) is 4.40. The largest absolute Gasteiger partial charge is 0.427 e. The predicted molar refractivity (Wildman–Crippen MR) is 89.0 cm³/mol. The van der Waals surface area contributed by atoms with E-state index >= 15 is 0 Å². The molecule has 0 saturated heterocycles. The summed E-state index contributed by atoms with van der Waals surface area (Å²) in [7, 11) is 0.770. The zero-order valence-corrected chi connectivity index (χ0v) is 14.7. The van der Waals surface area contributed by atoms with E-state index < -0.39 is 0 Å². The summed E-state index contributed by atoms with van der Waals surface area (Å²) in [5.41, 5.74) is 2.67. The van der Waals surface area contributed by atoms with Gasteiger partial charge in [0, 0.05) is 12.0 Å². The number of hydrogen-bond acceptors (Lipinski definition) is 1. The van der Waals surface area contributed by atoms with Crippen molar-refractivity contribution in [2.75, 3.05) is 6.61 Å². The van der Waals surface area contributed by atoms with Gasteiger partial charge in [-0.2, -0.15) is 0 Å². The van der Waals surface area contributed by atoms with Crippen LogP contribution in [0.3, 0.4) is 0 Å². The van der Waals surface area contributed by atoms with Crippen LogP contribution in [0.5, 0.6) is 0 Å². The second-order valence-electron chi connectivity index (χ2n) is 5.45. The highest BCUT2D eigenvalue weighted by Gasteiger charge is 2.38. The minimum absolute atomic E-state index is 0.0426. The zero-order valence-electron chi connectivity index (χ0n) is 12.7. The quantitative estimate of drug-likeness (QED) is 0.740. The van der Waals surface area contributed by atoms with Crippen LogP contribution in [0.1, 0.15) is 31.4 Å². The summed E-state index contributed by atoms with van der Waals surface area (Å²) in [6, 6.07) is 21.6. The lowest BCUT2D eigenvalue weighted by atomic mass is 9.66. The van der Waals surface area contributed by atoms with E-state index in [1.165, 1.54) is 11.1 Å². The second-order valence-corrected chi connectivity index (χ2v) is 6.02. The topological polar surface area (TPSA) is 9.23 Å². The Hall–Kier alpha value is -1.38. The molecule has 0 spiro atoms. The van der Waals surface area contributed by atoms with Crippen LogP contribution in [0.15, 0.2) is 60.7 Å². The van der Waals surface area contributed by atoms with Crippen molar-refractivity contribution in [3.05, 3.63) is 71.8 Å². The molecule has 2 aromatic rings. The number of benzene rings is 2. The first-order valence-corrected chi connectivity index (χ1v) is 8.17. The maximum Gasteiger partial charge on any atom is 0.146 e. The summed E-state index contributed by atoms with van der Waals surface area (Å²) < 4.78 is 5.78. The van der Waals surface area contributed by atoms with Gasteiger partial charge in [0.25, 0.3) is 0 Å². The Balaban J connectivity index is 2.63. The van der Waals surface area contributed by atoms with E-state index in [1.807, 2.05) is 0 Å². The van der Waals surface area contributed by atoms with Crippen molar-refractivity contribution in [2.45, 2.75) is 25.7 Å². The summed E-state index contributed by atoms with van der Waals surface area (Å²) >= 11 is 0. The number of rotatable bonds is 6. The molecule has 2 aromatic carbocycles. The molecule has 0 bridgehead atoms. The minimum atomic E-state index is -0.0426. The van der Waals surface area contributed by atoms with E-state index in [0.29, 0.717) is 5.92 Å². The molecule has 2 heteroatoms. The molecule has 0 heterocycles. The van der Waals surface area contributed by atoms with Crippen molar-refractivity contribution >= 4 is 10.5 Å². The Bertz CT molecular complexity index is 470. The van der Waals surface area contributed by atoms with Gasteiger partial charge in [0.1, 0.15) is 10.5 Å². The number of hydrogen-bond donors (Lipinski definition) is 0. The van der Waals surface area contributed by atoms with Crippen molar-refractivity contribution < 1.29 is 4.43 Å². The van der Waals surface area contributed by atoms with Crippen molar-refractivity contribution in [1.82, 2.24) is 0 Å². The molecular weight excluding hydrogens is 260 g/mol. The molecule has 0 aliphatic carbocycles. The summed E-state index contributed by atoms with van der Waals surface area (Å²) in [6.45, 7) is 5.36. The average molecular weight is 284 g/mol. The minimum Gasteiger partial charge on any atom is -0.427 e. The maximum absolute atomic E-state index is 5.78. The molecule has 2 rings (SSSR count). The highest BCUT2D eigenvalue weighted by molar-refractivity contribution is 5.98. The highest BCUT2D eigenvalue weighted by atomic mass is 28.2. The lowest BCUT2D eigenvalue weighted by Crippen LogP contribution is -2.39. The van der Waals surface area contributed by atoms with Crippen LogP contribution in [0.4, 0.5) is 0 Å². The van der Waals surface area contributed by atoms with Crippen LogP contribution < -0.4 is 0 Å². The molecule has 0 N–H and O–H groups in total. The summed E-state index contributed by atoms with van der Waals surface area (Å²) in [4.78, 5) is 0.